The van der Waals surface area contributed by atoms with Crippen LogP contribution in [0.5, 0.6) is 11.5 Å². The molecule has 0 bridgehead atoms. The van der Waals surface area contributed by atoms with Crippen LogP contribution < -0.4 is 14.8 Å². The number of halogens is 1. The summed E-state index contributed by atoms with van der Waals surface area (Å²) in [5.74, 6) is 0.937. The highest BCUT2D eigenvalue weighted by molar-refractivity contribution is 8.00. The first-order valence-corrected chi connectivity index (χ1v) is 8.48. The molecule has 0 saturated carbocycles. The Hall–Kier alpha value is -2.21. The Morgan fingerprint density at radius 1 is 1.21 bits per heavy atom. The molecule has 0 aliphatic rings. The van der Waals surface area contributed by atoms with E-state index in [0.717, 1.165) is 0 Å². The van der Waals surface area contributed by atoms with E-state index in [1.54, 1.807) is 43.5 Å². The monoisotopic (exact) mass is 349 g/mol. The van der Waals surface area contributed by atoms with Gasteiger partial charge in [-0.3, -0.25) is 4.79 Å². The van der Waals surface area contributed by atoms with Crippen LogP contribution in [0.1, 0.15) is 17.7 Å². The Kier molecular flexibility index (Phi) is 6.49. The number of hydrogen-bond donors (Lipinski definition) is 1. The molecule has 4 nitrogen and oxygen atoms in total. The van der Waals surface area contributed by atoms with E-state index in [1.165, 1.54) is 24.9 Å². The maximum atomic E-state index is 13.7. The van der Waals surface area contributed by atoms with Gasteiger partial charge in [0.05, 0.1) is 25.7 Å². The third-order valence-electron chi connectivity index (χ3n) is 3.49. The van der Waals surface area contributed by atoms with Crippen LogP contribution in [0.3, 0.4) is 0 Å². The molecule has 0 heterocycles. The minimum Gasteiger partial charge on any atom is -0.497 e. The van der Waals surface area contributed by atoms with E-state index in [-0.39, 0.29) is 22.7 Å². The predicted molar refractivity (Wildman–Crippen MR) is 95.4 cm³/mol. The molecular weight excluding hydrogens is 329 g/mol. The molecule has 6 heteroatoms. The molecule has 1 unspecified atom stereocenters. The number of carbonyl (C=O) groups is 1. The average Bonchev–Trinajstić information content (AvgIpc) is 2.60. The quantitative estimate of drug-likeness (QED) is 0.811. The van der Waals surface area contributed by atoms with Gasteiger partial charge < -0.3 is 14.8 Å². The van der Waals surface area contributed by atoms with Gasteiger partial charge >= 0.3 is 0 Å². The zero-order chi connectivity index (χ0) is 17.5. The number of benzene rings is 2. The molecule has 0 fully saturated rings. The van der Waals surface area contributed by atoms with Crippen LogP contribution in [-0.4, -0.2) is 25.9 Å². The van der Waals surface area contributed by atoms with Crippen LogP contribution in [0, 0.1) is 5.82 Å². The van der Waals surface area contributed by atoms with Gasteiger partial charge in [0.25, 0.3) is 0 Å². The first-order chi connectivity index (χ1) is 11.5. The molecule has 1 atom stereocenters. The standard InChI is InChI=1S/C18H20FNO3S/c1-12(14-6-4-5-7-15(14)19)24-11-18(21)20-16-10-13(22-2)8-9-17(16)23-3/h4-10,12H,11H2,1-3H3,(H,20,21). The number of carbonyl (C=O) groups excluding carboxylic acids is 1. The van der Waals surface area contributed by atoms with Gasteiger partial charge in [-0.1, -0.05) is 18.2 Å². The molecule has 0 radical (unpaired) electrons. The maximum Gasteiger partial charge on any atom is 0.234 e. The fourth-order valence-corrected chi connectivity index (χ4v) is 3.04. The summed E-state index contributed by atoms with van der Waals surface area (Å²) < 4.78 is 24.1. The number of hydrogen-bond acceptors (Lipinski definition) is 4. The highest BCUT2D eigenvalue weighted by atomic mass is 32.2. The second-order valence-electron chi connectivity index (χ2n) is 5.09. The molecule has 0 aromatic heterocycles. The molecule has 24 heavy (non-hydrogen) atoms. The second-order valence-corrected chi connectivity index (χ2v) is 6.42. The summed E-state index contributed by atoms with van der Waals surface area (Å²) in [6, 6.07) is 11.8. The van der Waals surface area contributed by atoms with E-state index in [9.17, 15) is 9.18 Å². The zero-order valence-electron chi connectivity index (χ0n) is 13.8. The Morgan fingerprint density at radius 3 is 2.62 bits per heavy atom. The first-order valence-electron chi connectivity index (χ1n) is 7.43. The molecular formula is C18H20FNO3S. The number of nitrogens with one attached hydrogen (secondary N) is 1. The van der Waals surface area contributed by atoms with Gasteiger partial charge in [-0.2, -0.15) is 0 Å². The summed E-state index contributed by atoms with van der Waals surface area (Å²) in [4.78, 5) is 12.2. The third-order valence-corrected chi connectivity index (χ3v) is 4.67. The second kappa shape index (κ2) is 8.59. The van der Waals surface area contributed by atoms with E-state index in [2.05, 4.69) is 5.32 Å². The first kappa shape index (κ1) is 18.1. The van der Waals surface area contributed by atoms with E-state index < -0.39 is 0 Å². The largest absolute Gasteiger partial charge is 0.497 e. The van der Waals surface area contributed by atoms with Crippen molar-refractivity contribution in [2.24, 2.45) is 0 Å². The lowest BCUT2D eigenvalue weighted by Crippen LogP contribution is -2.15. The van der Waals surface area contributed by atoms with Crippen LogP contribution in [0.15, 0.2) is 42.5 Å². The minimum absolute atomic E-state index is 0.121. The van der Waals surface area contributed by atoms with Gasteiger partial charge in [0.1, 0.15) is 17.3 Å². The molecule has 1 amide bonds. The van der Waals surface area contributed by atoms with Gasteiger partial charge in [0.15, 0.2) is 0 Å². The van der Waals surface area contributed by atoms with Gasteiger partial charge in [0, 0.05) is 16.9 Å². The lowest BCUT2D eigenvalue weighted by molar-refractivity contribution is -0.113. The average molecular weight is 349 g/mol. The van der Waals surface area contributed by atoms with E-state index >= 15 is 0 Å². The summed E-state index contributed by atoms with van der Waals surface area (Å²) in [6.07, 6.45) is 0. The van der Waals surface area contributed by atoms with Crippen LogP contribution >= 0.6 is 11.8 Å². The van der Waals surface area contributed by atoms with Crippen LogP contribution in [0.2, 0.25) is 0 Å². The van der Waals surface area contributed by atoms with Crippen molar-refractivity contribution in [3.8, 4) is 11.5 Å². The van der Waals surface area contributed by atoms with Crippen molar-refractivity contribution in [1.82, 2.24) is 0 Å². The normalized spacial score (nSPS) is 11.7. The van der Waals surface area contributed by atoms with Gasteiger partial charge in [-0.25, -0.2) is 4.39 Å². The van der Waals surface area contributed by atoms with Crippen LogP contribution in [0.4, 0.5) is 10.1 Å². The molecule has 2 aromatic carbocycles. The fourth-order valence-electron chi connectivity index (χ4n) is 2.19. The number of rotatable bonds is 7. The molecule has 128 valence electrons. The molecule has 1 N–H and O–H groups in total. The summed E-state index contributed by atoms with van der Waals surface area (Å²) in [5.41, 5.74) is 1.13. The molecule has 0 saturated heterocycles. The van der Waals surface area contributed by atoms with Crippen molar-refractivity contribution >= 4 is 23.4 Å². The van der Waals surface area contributed by atoms with Crippen LogP contribution in [-0.2, 0) is 4.79 Å². The molecule has 2 aromatic rings. The summed E-state index contributed by atoms with van der Waals surface area (Å²) in [7, 11) is 3.09. The molecule has 0 aliphatic heterocycles. The number of thioether (sulfide) groups is 1. The highest BCUT2D eigenvalue weighted by Gasteiger charge is 2.14. The summed E-state index contributed by atoms with van der Waals surface area (Å²) in [6.45, 7) is 1.88. The number of anilines is 1. The van der Waals surface area contributed by atoms with Crippen molar-refractivity contribution in [2.75, 3.05) is 25.3 Å². The van der Waals surface area contributed by atoms with Gasteiger partial charge in [0.2, 0.25) is 5.91 Å². The fraction of sp³-hybridized carbons (Fsp3) is 0.278. The van der Waals surface area contributed by atoms with Crippen molar-refractivity contribution < 1.29 is 18.7 Å². The number of methoxy groups -OCH3 is 2. The van der Waals surface area contributed by atoms with Gasteiger partial charge in [-0.05, 0) is 25.1 Å². The minimum atomic E-state index is -0.257. The number of ether oxygens (including phenoxy) is 2. The predicted octanol–water partition coefficient (Wildman–Crippen LogP) is 4.28. The number of amides is 1. The molecule has 0 spiro atoms. The van der Waals surface area contributed by atoms with Crippen molar-refractivity contribution in [1.29, 1.82) is 0 Å². The lowest BCUT2D eigenvalue weighted by Gasteiger charge is -2.14. The molecule has 2 rings (SSSR count). The Morgan fingerprint density at radius 2 is 1.96 bits per heavy atom. The van der Waals surface area contributed by atoms with Crippen molar-refractivity contribution in [3.63, 3.8) is 0 Å². The Bertz CT molecular complexity index is 708. The maximum absolute atomic E-state index is 13.7. The van der Waals surface area contributed by atoms with Crippen LogP contribution in [0.25, 0.3) is 0 Å². The zero-order valence-corrected chi connectivity index (χ0v) is 14.7. The Labute approximate surface area is 145 Å². The third kappa shape index (κ3) is 4.64. The smallest absolute Gasteiger partial charge is 0.234 e. The topological polar surface area (TPSA) is 47.6 Å². The Balaban J connectivity index is 1.97. The lowest BCUT2D eigenvalue weighted by atomic mass is 10.1. The molecule has 0 aliphatic carbocycles. The summed E-state index contributed by atoms with van der Waals surface area (Å²) >= 11 is 1.37. The van der Waals surface area contributed by atoms with E-state index in [4.69, 9.17) is 9.47 Å². The van der Waals surface area contributed by atoms with E-state index in [0.29, 0.717) is 22.7 Å². The summed E-state index contributed by atoms with van der Waals surface area (Å²) in [5, 5.41) is 2.68. The van der Waals surface area contributed by atoms with E-state index in [1.807, 2.05) is 6.92 Å². The highest BCUT2D eigenvalue weighted by Crippen LogP contribution is 2.31. The van der Waals surface area contributed by atoms with Crippen molar-refractivity contribution in [2.45, 2.75) is 12.2 Å². The van der Waals surface area contributed by atoms with Crippen molar-refractivity contribution in [3.05, 3.63) is 53.8 Å². The van der Waals surface area contributed by atoms with Gasteiger partial charge in [-0.15, -0.1) is 11.8 Å². The SMILES string of the molecule is COc1ccc(OC)c(NC(=O)CSC(C)c2ccccc2F)c1.